The van der Waals surface area contributed by atoms with Gasteiger partial charge in [0.15, 0.2) is 0 Å². The van der Waals surface area contributed by atoms with E-state index in [1.807, 2.05) is 0 Å². The molecule has 0 aliphatic rings. The minimum Gasteiger partial charge on any atom is -0.480 e. The summed E-state index contributed by atoms with van der Waals surface area (Å²) in [6, 6.07) is 0. The summed E-state index contributed by atoms with van der Waals surface area (Å²) in [5.74, 6) is -0.265. The van der Waals surface area contributed by atoms with Gasteiger partial charge in [-0.15, -0.1) is 6.58 Å². The maximum absolute atomic E-state index is 10.7. The average Bonchev–Trinajstić information content (AvgIpc) is 2.03. The van der Waals surface area contributed by atoms with Crippen LogP contribution in [0.15, 0.2) is 12.7 Å². The first kappa shape index (κ1) is 12.5. The van der Waals surface area contributed by atoms with Crippen LogP contribution in [0.5, 0.6) is 0 Å². The Labute approximate surface area is 83.4 Å². The fourth-order valence-electron chi connectivity index (χ4n) is 0.760. The van der Waals surface area contributed by atoms with Crippen molar-refractivity contribution in [2.45, 2.75) is 31.1 Å². The molecule has 0 aromatic carbocycles. The maximum atomic E-state index is 10.7. The van der Waals surface area contributed by atoms with E-state index in [0.29, 0.717) is 11.7 Å². The fraction of sp³-hybridized carbons (Fsp3) is 0.667. The van der Waals surface area contributed by atoms with Crippen LogP contribution in [0.1, 0.15) is 20.3 Å². The lowest BCUT2D eigenvalue weighted by atomic mass is 9.98. The van der Waals surface area contributed by atoms with Crippen molar-refractivity contribution in [3.05, 3.63) is 12.7 Å². The van der Waals surface area contributed by atoms with E-state index in [1.165, 1.54) is 6.08 Å². The molecule has 0 aromatic rings. The Balaban J connectivity index is 3.99. The molecule has 4 heteroatoms. The molecule has 0 amide bonds. The molecule has 3 N–H and O–H groups in total. The van der Waals surface area contributed by atoms with Gasteiger partial charge in [0.25, 0.3) is 0 Å². The van der Waals surface area contributed by atoms with Crippen molar-refractivity contribution in [2.75, 3.05) is 5.75 Å². The molecule has 0 aliphatic carbocycles. The highest BCUT2D eigenvalue weighted by atomic mass is 32.2. The van der Waals surface area contributed by atoms with E-state index < -0.39 is 11.5 Å². The summed E-state index contributed by atoms with van der Waals surface area (Å²) >= 11 is 1.70. The largest absolute Gasteiger partial charge is 0.480 e. The van der Waals surface area contributed by atoms with E-state index in [2.05, 4.69) is 20.4 Å². The highest BCUT2D eigenvalue weighted by molar-refractivity contribution is 7.99. The highest BCUT2D eigenvalue weighted by Gasteiger charge is 2.29. The summed E-state index contributed by atoms with van der Waals surface area (Å²) in [4.78, 5) is 10.7. The van der Waals surface area contributed by atoms with Crippen LogP contribution in [0, 0.1) is 0 Å². The average molecular weight is 203 g/mol. The zero-order valence-electron chi connectivity index (χ0n) is 8.12. The third-order valence-electron chi connectivity index (χ3n) is 1.73. The molecule has 0 saturated heterocycles. The van der Waals surface area contributed by atoms with Crippen LogP contribution in [0.4, 0.5) is 0 Å². The smallest absolute Gasteiger partial charge is 0.327 e. The van der Waals surface area contributed by atoms with E-state index >= 15 is 0 Å². The van der Waals surface area contributed by atoms with Crippen molar-refractivity contribution >= 4 is 17.7 Å². The van der Waals surface area contributed by atoms with Gasteiger partial charge >= 0.3 is 5.97 Å². The minimum atomic E-state index is -1.26. The molecule has 0 spiro atoms. The van der Waals surface area contributed by atoms with Crippen LogP contribution in [-0.2, 0) is 4.79 Å². The summed E-state index contributed by atoms with van der Waals surface area (Å²) in [5.41, 5.74) is 4.33. The van der Waals surface area contributed by atoms with Gasteiger partial charge in [-0.25, -0.2) is 4.79 Å². The fourth-order valence-corrected chi connectivity index (χ4v) is 1.69. The number of rotatable bonds is 6. The third kappa shape index (κ3) is 4.33. The van der Waals surface area contributed by atoms with Gasteiger partial charge in [-0.1, -0.05) is 19.9 Å². The van der Waals surface area contributed by atoms with Gasteiger partial charge in [0.2, 0.25) is 0 Å². The summed E-state index contributed by atoms with van der Waals surface area (Å²) in [6.45, 7) is 7.57. The molecule has 0 heterocycles. The first-order chi connectivity index (χ1) is 5.92. The van der Waals surface area contributed by atoms with E-state index in [4.69, 9.17) is 10.8 Å². The Kier molecular flexibility index (Phi) is 5.10. The molecule has 0 radical (unpaired) electrons. The zero-order chi connectivity index (χ0) is 10.5. The zero-order valence-corrected chi connectivity index (χ0v) is 8.93. The van der Waals surface area contributed by atoms with E-state index in [0.717, 1.165) is 5.75 Å². The summed E-state index contributed by atoms with van der Waals surface area (Å²) in [7, 11) is 0. The Morgan fingerprint density at radius 2 is 2.31 bits per heavy atom. The molecule has 0 fully saturated rings. The maximum Gasteiger partial charge on any atom is 0.327 e. The van der Waals surface area contributed by atoms with Crippen LogP contribution < -0.4 is 5.73 Å². The number of nitrogens with two attached hydrogens (primary N) is 1. The van der Waals surface area contributed by atoms with Gasteiger partial charge in [0, 0.05) is 0 Å². The van der Waals surface area contributed by atoms with Crippen molar-refractivity contribution in [1.82, 2.24) is 0 Å². The van der Waals surface area contributed by atoms with E-state index in [1.54, 1.807) is 11.8 Å². The van der Waals surface area contributed by atoms with Gasteiger partial charge < -0.3 is 10.8 Å². The van der Waals surface area contributed by atoms with Crippen molar-refractivity contribution in [1.29, 1.82) is 0 Å². The number of hydrogen-bond acceptors (Lipinski definition) is 3. The van der Waals surface area contributed by atoms with Gasteiger partial charge in [-0.05, 0) is 17.4 Å². The number of carboxylic acids is 1. The molecule has 0 rings (SSSR count). The molecule has 13 heavy (non-hydrogen) atoms. The number of thioether (sulfide) groups is 1. The molecule has 0 bridgehead atoms. The number of aliphatic carboxylic acids is 1. The Morgan fingerprint density at radius 1 is 1.77 bits per heavy atom. The monoisotopic (exact) mass is 203 g/mol. The summed E-state index contributed by atoms with van der Waals surface area (Å²) in [5, 5.41) is 9.29. The lowest BCUT2D eigenvalue weighted by Crippen LogP contribution is -2.46. The van der Waals surface area contributed by atoms with Crippen molar-refractivity contribution in [2.24, 2.45) is 5.73 Å². The van der Waals surface area contributed by atoms with Crippen LogP contribution in [0.3, 0.4) is 0 Å². The second kappa shape index (κ2) is 5.29. The quantitative estimate of drug-likeness (QED) is 0.642. The third-order valence-corrected chi connectivity index (χ3v) is 2.84. The predicted octanol–water partition coefficient (Wildman–Crippen LogP) is 1.49. The van der Waals surface area contributed by atoms with Gasteiger partial charge in [0.05, 0.1) is 0 Å². The van der Waals surface area contributed by atoms with Crippen molar-refractivity contribution in [3.63, 3.8) is 0 Å². The lowest BCUT2D eigenvalue weighted by molar-refractivity contribution is -0.141. The van der Waals surface area contributed by atoms with Crippen LogP contribution in [0.2, 0.25) is 0 Å². The molecule has 0 unspecified atom stereocenters. The molecule has 0 aromatic heterocycles. The van der Waals surface area contributed by atoms with Crippen LogP contribution in [0.25, 0.3) is 0 Å². The van der Waals surface area contributed by atoms with Gasteiger partial charge in [-0.2, -0.15) is 11.8 Å². The topological polar surface area (TPSA) is 63.3 Å². The SMILES string of the molecule is C=C[C@](N)(CCSC(C)C)C(=O)O. The summed E-state index contributed by atoms with van der Waals surface area (Å²) in [6.07, 6.45) is 1.73. The van der Waals surface area contributed by atoms with Gasteiger partial charge in [0.1, 0.15) is 5.54 Å². The standard InChI is InChI=1S/C9H17NO2S/c1-4-9(10,8(11)12)5-6-13-7(2)3/h4,7H,1,5-6,10H2,2-3H3,(H,11,12)/t9-/m0/s1. The second-order valence-corrected chi connectivity index (χ2v) is 4.90. The number of hydrogen-bond donors (Lipinski definition) is 2. The highest BCUT2D eigenvalue weighted by Crippen LogP contribution is 2.16. The Hall–Kier alpha value is -0.480. The number of carboxylic acid groups (broad SMARTS) is 1. The number of carbonyl (C=O) groups is 1. The Bertz CT molecular complexity index is 194. The molecule has 0 aliphatic heterocycles. The summed E-state index contributed by atoms with van der Waals surface area (Å²) < 4.78 is 0. The predicted molar refractivity (Wildman–Crippen MR) is 57.0 cm³/mol. The minimum absolute atomic E-state index is 0.425. The van der Waals surface area contributed by atoms with E-state index in [-0.39, 0.29) is 0 Å². The van der Waals surface area contributed by atoms with Crippen molar-refractivity contribution < 1.29 is 9.90 Å². The van der Waals surface area contributed by atoms with E-state index in [9.17, 15) is 4.79 Å². The van der Waals surface area contributed by atoms with Crippen molar-refractivity contribution in [3.8, 4) is 0 Å². The lowest BCUT2D eigenvalue weighted by Gasteiger charge is -2.20. The molecular weight excluding hydrogens is 186 g/mol. The van der Waals surface area contributed by atoms with Crippen LogP contribution in [-0.4, -0.2) is 27.6 Å². The normalized spacial score (nSPS) is 15.4. The first-order valence-corrected chi connectivity index (χ1v) is 5.24. The van der Waals surface area contributed by atoms with Gasteiger partial charge in [-0.3, -0.25) is 0 Å². The first-order valence-electron chi connectivity index (χ1n) is 4.20. The Morgan fingerprint density at radius 3 is 2.62 bits per heavy atom. The second-order valence-electron chi connectivity index (χ2n) is 3.22. The molecule has 1 atom stereocenters. The van der Waals surface area contributed by atoms with Crippen LogP contribution >= 0.6 is 11.8 Å². The molecule has 0 saturated carbocycles. The molecule has 76 valence electrons. The molecular formula is C9H17NO2S. The molecule has 3 nitrogen and oxygen atoms in total.